The maximum absolute atomic E-state index is 11.5. The van der Waals surface area contributed by atoms with Crippen LogP contribution in [0, 0.1) is 17.8 Å². The van der Waals surface area contributed by atoms with E-state index in [1.807, 2.05) is 0 Å². The first-order valence-corrected chi connectivity index (χ1v) is 6.72. The third-order valence-corrected chi connectivity index (χ3v) is 4.81. The van der Waals surface area contributed by atoms with Crippen LogP contribution in [0.2, 0.25) is 6.32 Å². The van der Waals surface area contributed by atoms with E-state index in [4.69, 9.17) is 16.5 Å². The smallest absolute Gasteiger partial charge is 0.323 e. The van der Waals surface area contributed by atoms with Crippen molar-refractivity contribution in [3.05, 3.63) is 0 Å². The van der Waals surface area contributed by atoms with Gasteiger partial charge >= 0.3 is 5.97 Å². The second-order valence-corrected chi connectivity index (χ2v) is 5.93. The quantitative estimate of drug-likeness (QED) is 0.380. The minimum atomic E-state index is -1.09. The van der Waals surface area contributed by atoms with Gasteiger partial charge in [-0.2, -0.15) is 0 Å². The molecule has 2 aliphatic rings. The Morgan fingerprint density at radius 2 is 2.11 bits per heavy atom. The molecule has 3 unspecified atom stereocenters. The summed E-state index contributed by atoms with van der Waals surface area (Å²) in [6, 6.07) is 0.199. The lowest BCUT2D eigenvalue weighted by Crippen LogP contribution is -2.52. The Kier molecular flexibility index (Phi) is 5.38. The molecule has 7 heteroatoms. The van der Waals surface area contributed by atoms with Gasteiger partial charge in [-0.15, -0.1) is 0 Å². The molecule has 8 N–H and O–H groups in total. The average Bonchev–Trinajstić information content (AvgIpc) is 2.75. The molecule has 2 saturated carbocycles. The van der Waals surface area contributed by atoms with Gasteiger partial charge in [0.2, 0.25) is 0 Å². The first-order valence-electron chi connectivity index (χ1n) is 6.72. The van der Waals surface area contributed by atoms with Crippen LogP contribution in [0.15, 0.2) is 0 Å². The van der Waals surface area contributed by atoms with Crippen molar-refractivity contribution in [2.75, 3.05) is 0 Å². The molecule has 2 aliphatic carbocycles. The number of aliphatic carboxylic acids is 1. The third-order valence-electron chi connectivity index (χ3n) is 4.81. The van der Waals surface area contributed by atoms with Gasteiger partial charge in [0.05, 0.1) is 0 Å². The molecule has 0 amide bonds. The summed E-state index contributed by atoms with van der Waals surface area (Å²) in [5.74, 6) is -0.180. The molecule has 1 radical (unpaired) electrons. The van der Waals surface area contributed by atoms with Gasteiger partial charge in [0.1, 0.15) is 5.54 Å². The Labute approximate surface area is 114 Å². The molecule has 2 fully saturated rings. The second kappa shape index (κ2) is 6.22. The Hall–Kier alpha value is -0.625. The van der Waals surface area contributed by atoms with Crippen LogP contribution >= 0.6 is 0 Å². The van der Waals surface area contributed by atoms with Crippen LogP contribution in [-0.2, 0) is 4.79 Å². The van der Waals surface area contributed by atoms with Gasteiger partial charge in [-0.05, 0) is 43.4 Å². The maximum atomic E-state index is 11.5. The second-order valence-electron chi connectivity index (χ2n) is 5.93. The molecule has 0 aromatic rings. The fourth-order valence-corrected chi connectivity index (χ4v) is 4.04. The van der Waals surface area contributed by atoms with E-state index >= 15 is 0 Å². The summed E-state index contributed by atoms with van der Waals surface area (Å²) in [7, 11) is 1.13. The Morgan fingerprint density at radius 1 is 1.42 bits per heavy atom. The first kappa shape index (κ1) is 16.4. The molecular weight excluding hydrogens is 247 g/mol. The Balaban J connectivity index is 0.00000180. The van der Waals surface area contributed by atoms with Crippen LogP contribution in [0.3, 0.4) is 0 Å². The van der Waals surface area contributed by atoms with E-state index in [1.54, 1.807) is 0 Å². The fraction of sp³-hybridized carbons (Fsp3) is 0.917. The molecule has 109 valence electrons. The Bertz CT molecular complexity index is 331. The minimum Gasteiger partial charge on any atom is -0.480 e. The summed E-state index contributed by atoms with van der Waals surface area (Å²) >= 11 is 0. The van der Waals surface area contributed by atoms with Gasteiger partial charge in [0.15, 0.2) is 0 Å². The highest BCUT2D eigenvalue weighted by molar-refractivity contribution is 6.25. The van der Waals surface area contributed by atoms with Crippen molar-refractivity contribution in [2.45, 2.75) is 50.0 Å². The van der Waals surface area contributed by atoms with Crippen LogP contribution in [0.25, 0.3) is 0 Å². The van der Waals surface area contributed by atoms with Crippen molar-refractivity contribution < 1.29 is 20.4 Å². The van der Waals surface area contributed by atoms with E-state index in [2.05, 4.69) is 0 Å². The molecule has 2 rings (SSSR count). The first-order chi connectivity index (χ1) is 8.49. The van der Waals surface area contributed by atoms with Gasteiger partial charge in [-0.1, -0.05) is 12.7 Å². The molecule has 0 spiro atoms. The summed E-state index contributed by atoms with van der Waals surface area (Å²) in [5, 5.41) is 18.1. The number of carboxylic acids is 1. The van der Waals surface area contributed by atoms with Crippen LogP contribution < -0.4 is 11.5 Å². The van der Waals surface area contributed by atoms with Gasteiger partial charge < -0.3 is 27.1 Å². The van der Waals surface area contributed by atoms with Crippen LogP contribution in [-0.4, -0.2) is 40.6 Å². The van der Waals surface area contributed by atoms with E-state index in [0.717, 1.165) is 33.2 Å². The van der Waals surface area contributed by atoms with Crippen LogP contribution in [0.4, 0.5) is 0 Å². The summed E-state index contributed by atoms with van der Waals surface area (Å²) < 4.78 is 0. The highest BCUT2D eigenvalue weighted by atomic mass is 16.4. The zero-order chi connectivity index (χ0) is 13.3. The minimum absolute atomic E-state index is 0. The predicted octanol–water partition coefficient (Wildman–Crippen LogP) is -0.873. The van der Waals surface area contributed by atoms with E-state index < -0.39 is 11.5 Å². The van der Waals surface area contributed by atoms with Crippen molar-refractivity contribution >= 4 is 13.5 Å². The zero-order valence-electron chi connectivity index (χ0n) is 11.1. The average molecular weight is 271 g/mol. The molecule has 0 aromatic heterocycles. The maximum Gasteiger partial charge on any atom is 0.323 e. The van der Waals surface area contributed by atoms with Crippen molar-refractivity contribution in [2.24, 2.45) is 29.2 Å². The zero-order valence-corrected chi connectivity index (χ0v) is 11.1. The number of rotatable bonds is 5. The lowest BCUT2D eigenvalue weighted by atomic mass is 9.77. The molecular formula is C12H24BN2O4. The van der Waals surface area contributed by atoms with E-state index in [9.17, 15) is 9.90 Å². The highest BCUT2D eigenvalue weighted by Crippen LogP contribution is 2.52. The van der Waals surface area contributed by atoms with Crippen molar-refractivity contribution in [3.8, 4) is 0 Å². The van der Waals surface area contributed by atoms with Gasteiger partial charge in [-0.25, -0.2) is 0 Å². The topological polar surface area (TPSA) is 141 Å². The number of carbonyl (C=O) groups is 1. The third kappa shape index (κ3) is 2.94. The van der Waals surface area contributed by atoms with E-state index in [-0.39, 0.29) is 17.4 Å². The lowest BCUT2D eigenvalue weighted by Gasteiger charge is -2.30. The number of nitrogens with two attached hydrogens (primary N) is 2. The monoisotopic (exact) mass is 271 g/mol. The molecule has 0 heterocycles. The standard InChI is InChI=1S/C12H22BN2O3.H2O/c14-8-4-7-6-12(15,11(16)17)10(9(7)5-8)2-1-3-13-18;/h7-10,18H,1-6,14-15H2,(H,16,17);1H2/t7-,8?,9-,10?,12?;/m1./s1. The van der Waals surface area contributed by atoms with Crippen LogP contribution in [0.5, 0.6) is 0 Å². The number of fused-ring (bicyclic) bond motifs is 1. The number of hydrogen-bond acceptors (Lipinski definition) is 4. The molecule has 0 bridgehead atoms. The highest BCUT2D eigenvalue weighted by Gasteiger charge is 2.57. The summed E-state index contributed by atoms with van der Waals surface area (Å²) in [6.45, 7) is 0. The molecule has 0 aromatic carbocycles. The van der Waals surface area contributed by atoms with Gasteiger partial charge in [0.25, 0.3) is 7.48 Å². The van der Waals surface area contributed by atoms with Crippen molar-refractivity contribution in [3.63, 3.8) is 0 Å². The summed E-state index contributed by atoms with van der Waals surface area (Å²) in [4.78, 5) is 11.5. The summed E-state index contributed by atoms with van der Waals surface area (Å²) in [5.41, 5.74) is 11.0. The fourth-order valence-electron chi connectivity index (χ4n) is 4.04. The van der Waals surface area contributed by atoms with Gasteiger partial charge in [0, 0.05) is 6.04 Å². The molecule has 5 atom stereocenters. The Morgan fingerprint density at radius 3 is 2.68 bits per heavy atom. The van der Waals surface area contributed by atoms with Crippen molar-refractivity contribution in [1.82, 2.24) is 0 Å². The predicted molar refractivity (Wildman–Crippen MR) is 72.5 cm³/mol. The van der Waals surface area contributed by atoms with Gasteiger partial charge in [-0.3, -0.25) is 4.79 Å². The van der Waals surface area contributed by atoms with Crippen molar-refractivity contribution in [1.29, 1.82) is 0 Å². The molecule has 0 saturated heterocycles. The van der Waals surface area contributed by atoms with E-state index in [0.29, 0.717) is 24.6 Å². The summed E-state index contributed by atoms with van der Waals surface area (Å²) in [6.07, 6.45) is 4.48. The lowest BCUT2D eigenvalue weighted by molar-refractivity contribution is -0.145. The molecule has 19 heavy (non-hydrogen) atoms. The molecule has 0 aliphatic heterocycles. The number of carboxylic acid groups (broad SMARTS) is 1. The van der Waals surface area contributed by atoms with E-state index in [1.165, 1.54) is 0 Å². The number of hydrogen-bond donors (Lipinski definition) is 4. The normalized spacial score (nSPS) is 40.6. The van der Waals surface area contributed by atoms with Crippen LogP contribution in [0.1, 0.15) is 32.1 Å². The largest absolute Gasteiger partial charge is 0.480 e. The molecule has 6 nitrogen and oxygen atoms in total. The SMILES string of the molecule is NC1C[C@@H]2CC(N)(C(=O)O)C(CCC[B]O)[C@@H]2C1.O.